The third kappa shape index (κ3) is 56.7. The molecule has 2 nitrogen and oxygen atoms in total. The molecule has 0 atom stereocenters. The van der Waals surface area contributed by atoms with Crippen molar-refractivity contribution >= 4 is 71.5 Å². The van der Waals surface area contributed by atoms with Gasteiger partial charge in [-0.2, -0.15) is 0 Å². The molecule has 0 aliphatic rings. The quantitative estimate of drug-likeness (QED) is 0.330. The zero-order chi connectivity index (χ0) is 13.6. The average Bonchev–Trinajstić information content (AvgIpc) is 2.02. The number of ketones is 2. The molecule has 0 saturated carbocycles. The molecular weight excluding hydrogens is 584 g/mol. The molecule has 0 N–H and O–H groups in total. The SMILES string of the molecule is C/C=C/C(C)=O.CCCC(C)=O.[I][V]([I])[I]. The first-order valence-corrected chi connectivity index (χ1v) is 18.2. The van der Waals surface area contributed by atoms with Gasteiger partial charge in [-0.15, -0.1) is 0 Å². The van der Waals surface area contributed by atoms with Gasteiger partial charge in [0, 0.05) is 6.42 Å². The molecule has 0 radical (unpaired) electrons. The van der Waals surface area contributed by atoms with Crippen LogP contribution in [0.25, 0.3) is 0 Å². The van der Waals surface area contributed by atoms with E-state index in [9.17, 15) is 9.59 Å². The number of Topliss-reactive ketones (excluding diaryl/α,β-unsaturated/α-hetero) is 1. The number of carbonyl (C=O) groups excluding carboxylic acids is 2. The maximum absolute atomic E-state index is 10.0. The molecule has 0 heterocycles. The topological polar surface area (TPSA) is 34.1 Å². The second kappa shape index (κ2) is 19.2. The Bertz CT molecular complexity index is 203. The Morgan fingerprint density at radius 1 is 1.19 bits per heavy atom. The molecule has 0 spiro atoms. The molecule has 0 aromatic rings. The van der Waals surface area contributed by atoms with Gasteiger partial charge in [0.15, 0.2) is 5.78 Å². The van der Waals surface area contributed by atoms with Gasteiger partial charge < -0.3 is 4.79 Å². The van der Waals surface area contributed by atoms with Gasteiger partial charge in [-0.05, 0) is 33.3 Å². The van der Waals surface area contributed by atoms with E-state index in [0.29, 0.717) is 0 Å². The summed E-state index contributed by atoms with van der Waals surface area (Å²) in [6.07, 6.45) is 4.97. The van der Waals surface area contributed by atoms with Crippen molar-refractivity contribution in [3.63, 3.8) is 0 Å². The van der Waals surface area contributed by atoms with Crippen LogP contribution in [0.15, 0.2) is 12.2 Å². The summed E-state index contributed by atoms with van der Waals surface area (Å²) in [6, 6.07) is 0. The van der Waals surface area contributed by atoms with Crippen molar-refractivity contribution in [2.45, 2.75) is 40.5 Å². The molecule has 0 aromatic heterocycles. The van der Waals surface area contributed by atoms with Crippen molar-refractivity contribution in [1.82, 2.24) is 0 Å². The summed E-state index contributed by atoms with van der Waals surface area (Å²) in [5.41, 5.74) is 0. The van der Waals surface area contributed by atoms with Crippen LogP contribution in [-0.4, -0.2) is 11.6 Å². The second-order valence-corrected chi connectivity index (χ2v) is 38.1. The van der Waals surface area contributed by atoms with Gasteiger partial charge in [-0.3, -0.25) is 4.79 Å². The fourth-order valence-corrected chi connectivity index (χ4v) is 0.587. The van der Waals surface area contributed by atoms with E-state index in [-0.39, 0.29) is 16.5 Å². The third-order valence-electron chi connectivity index (χ3n) is 1.00. The van der Waals surface area contributed by atoms with Crippen LogP contribution in [0, 0.1) is 0 Å². The normalized spacial score (nSPS) is 9.00. The van der Waals surface area contributed by atoms with Gasteiger partial charge in [-0.25, -0.2) is 0 Å². The van der Waals surface area contributed by atoms with Gasteiger partial charge in [0.25, 0.3) is 0 Å². The number of allylic oxidation sites excluding steroid dienone is 2. The Balaban J connectivity index is -0.000000162. The van der Waals surface area contributed by atoms with Gasteiger partial charge in [-0.1, -0.05) is 13.0 Å². The van der Waals surface area contributed by atoms with Crippen molar-refractivity contribution in [2.24, 2.45) is 0 Å². The van der Waals surface area contributed by atoms with Crippen LogP contribution in [0.2, 0.25) is 0 Å². The minimum atomic E-state index is -0.278. The summed E-state index contributed by atoms with van der Waals surface area (Å²) >= 11 is 7.39. The molecule has 0 aliphatic carbocycles. The van der Waals surface area contributed by atoms with Gasteiger partial charge in [0.1, 0.15) is 5.78 Å². The van der Waals surface area contributed by atoms with Gasteiger partial charge in [0.2, 0.25) is 0 Å². The van der Waals surface area contributed by atoms with Crippen molar-refractivity contribution in [1.29, 1.82) is 0 Å². The standard InChI is InChI=1S/C5H10O.C5H8O.3HI.V/c2*1-3-4-5(2)6;;;;/h3-4H2,1-2H3;3-4H,1-2H3;3*1H;/q;;;;;+3/p-3/b;4-3+;;;;. The van der Waals surface area contributed by atoms with Crippen molar-refractivity contribution < 1.29 is 14.5 Å². The molecule has 0 amide bonds. The van der Waals surface area contributed by atoms with E-state index in [1.165, 1.54) is 13.0 Å². The molecule has 0 bridgehead atoms. The fraction of sp³-hybridized carbons (Fsp3) is 0.600. The number of hydrogen-bond acceptors (Lipinski definition) is 2. The van der Waals surface area contributed by atoms with Crippen LogP contribution in [0.1, 0.15) is 40.5 Å². The summed E-state index contributed by atoms with van der Waals surface area (Å²) in [5.74, 6) is 0.398. The van der Waals surface area contributed by atoms with Gasteiger partial charge in [0.05, 0.1) is 0 Å². The minimum absolute atomic E-state index is 0.109. The van der Waals surface area contributed by atoms with E-state index in [4.69, 9.17) is 0 Å². The van der Waals surface area contributed by atoms with Gasteiger partial charge >= 0.3 is 64.9 Å². The number of rotatable bonds is 3. The van der Waals surface area contributed by atoms with Crippen LogP contribution in [0.3, 0.4) is 0 Å². The Morgan fingerprint density at radius 3 is 1.56 bits per heavy atom. The zero-order valence-corrected chi connectivity index (χ0v) is 17.8. The molecule has 0 rings (SSSR count). The summed E-state index contributed by atoms with van der Waals surface area (Å²) in [4.78, 5) is 19.7. The Kier molecular flexibility index (Phi) is 27.6. The van der Waals surface area contributed by atoms with E-state index in [1.54, 1.807) is 13.0 Å². The third-order valence-corrected chi connectivity index (χ3v) is 1.00. The number of carbonyl (C=O) groups is 2. The molecule has 0 unspecified atom stereocenters. The summed E-state index contributed by atoms with van der Waals surface area (Å²) < 4.78 is 0. The van der Waals surface area contributed by atoms with E-state index in [0.717, 1.165) is 12.8 Å². The van der Waals surface area contributed by atoms with E-state index in [1.807, 2.05) is 13.8 Å². The summed E-state index contributed by atoms with van der Waals surface area (Å²) in [6.45, 7) is 6.96. The monoisotopic (exact) mass is 602 g/mol. The van der Waals surface area contributed by atoms with Crippen LogP contribution >= 0.6 is 59.9 Å². The van der Waals surface area contributed by atoms with Crippen molar-refractivity contribution in [2.75, 3.05) is 0 Å². The first-order valence-electron chi connectivity index (χ1n) is 4.68. The van der Waals surface area contributed by atoms with E-state index < -0.39 is 0 Å². The van der Waals surface area contributed by atoms with Crippen LogP contribution in [-0.2, 0) is 14.5 Å². The fourth-order valence-electron chi connectivity index (χ4n) is 0.587. The average molecular weight is 602 g/mol. The molecule has 6 heteroatoms. The second-order valence-electron chi connectivity index (χ2n) is 2.75. The summed E-state index contributed by atoms with van der Waals surface area (Å²) in [5, 5.41) is 0. The Labute approximate surface area is 136 Å². The molecule has 0 aliphatic heterocycles. The Hall–Kier alpha value is 1.85. The van der Waals surface area contributed by atoms with Crippen molar-refractivity contribution in [3.8, 4) is 0 Å². The molecule has 0 saturated heterocycles. The first-order chi connectivity index (χ1) is 7.27. The zero-order valence-electron chi connectivity index (χ0n) is 9.97. The van der Waals surface area contributed by atoms with E-state index in [2.05, 4.69) is 59.9 Å². The first kappa shape index (κ1) is 23.0. The van der Waals surface area contributed by atoms with Crippen LogP contribution in [0.4, 0.5) is 0 Å². The van der Waals surface area contributed by atoms with E-state index >= 15 is 0 Å². The molecule has 96 valence electrons. The molecule has 0 fully saturated rings. The Morgan fingerprint density at radius 2 is 1.56 bits per heavy atom. The van der Waals surface area contributed by atoms with Crippen LogP contribution < -0.4 is 0 Å². The van der Waals surface area contributed by atoms with Crippen LogP contribution in [0.5, 0.6) is 0 Å². The molecular formula is C10H18I3O2V. The summed E-state index contributed by atoms with van der Waals surface area (Å²) in [7, 11) is 0. The molecule has 0 aromatic carbocycles. The predicted octanol–water partition coefficient (Wildman–Crippen LogP) is 5.18. The predicted molar refractivity (Wildman–Crippen MR) is 93.1 cm³/mol. The maximum atomic E-state index is 10.0. The van der Waals surface area contributed by atoms with Crippen molar-refractivity contribution in [3.05, 3.63) is 12.2 Å². The number of halogens is 3. The number of hydrogen-bond donors (Lipinski definition) is 0. The molecule has 16 heavy (non-hydrogen) atoms.